The maximum Gasteiger partial charge on any atom is 0.236 e. The molecule has 0 aliphatic heterocycles. The Labute approximate surface area is 168 Å². The third-order valence-electron chi connectivity index (χ3n) is 3.24. The summed E-state index contributed by atoms with van der Waals surface area (Å²) in [5.41, 5.74) is 1.55. The molecule has 0 unspecified atom stereocenters. The first-order valence-corrected chi connectivity index (χ1v) is 10.0. The van der Waals surface area contributed by atoms with Gasteiger partial charge in [-0.25, -0.2) is 0 Å². The molecule has 8 nitrogen and oxygen atoms in total. The van der Waals surface area contributed by atoms with Crippen LogP contribution in [0.1, 0.15) is 5.82 Å². The van der Waals surface area contributed by atoms with Crippen LogP contribution < -0.4 is 10.1 Å². The molecule has 2 heterocycles. The zero-order chi connectivity index (χ0) is 19.1. The zero-order valence-corrected chi connectivity index (χ0v) is 16.4. The van der Waals surface area contributed by atoms with Crippen LogP contribution in [0, 0.1) is 0 Å². The number of carbonyl (C=O) groups excluding carboxylic acids is 1. The molecule has 0 bridgehead atoms. The minimum absolute atomic E-state index is 0.167. The van der Waals surface area contributed by atoms with Gasteiger partial charge in [-0.05, 0) is 12.1 Å². The number of benzene rings is 1. The Kier molecular flexibility index (Phi) is 6.80. The highest BCUT2D eigenvalue weighted by atomic mass is 35.5. The molecule has 11 heteroatoms. The molecule has 0 radical (unpaired) electrons. The van der Waals surface area contributed by atoms with Crippen molar-refractivity contribution in [2.24, 2.45) is 0 Å². The van der Waals surface area contributed by atoms with Crippen molar-refractivity contribution < 1.29 is 9.53 Å². The molecule has 1 aromatic carbocycles. The van der Waals surface area contributed by atoms with Crippen molar-refractivity contribution in [1.29, 1.82) is 0 Å². The van der Waals surface area contributed by atoms with Crippen LogP contribution in [0.4, 0.5) is 5.13 Å². The number of aromatic nitrogens is 5. The third-order valence-corrected chi connectivity index (χ3v) is 5.12. The molecule has 2 aromatic heterocycles. The van der Waals surface area contributed by atoms with E-state index in [1.54, 1.807) is 23.7 Å². The summed E-state index contributed by atoms with van der Waals surface area (Å²) in [7, 11) is 0. The number of thioether (sulfide) groups is 1. The van der Waals surface area contributed by atoms with Crippen molar-refractivity contribution in [1.82, 2.24) is 25.0 Å². The molecule has 0 aliphatic carbocycles. The van der Waals surface area contributed by atoms with Gasteiger partial charge in [0.2, 0.25) is 11.0 Å². The number of para-hydroxylation sites is 1. The van der Waals surface area contributed by atoms with Crippen molar-refractivity contribution in [3.63, 3.8) is 0 Å². The second-order valence-corrected chi connectivity index (χ2v) is 7.28. The molecule has 0 aliphatic rings. The number of hydrogen-bond donors (Lipinski definition) is 1. The van der Waals surface area contributed by atoms with Crippen LogP contribution in [0.3, 0.4) is 0 Å². The molecular weight excluding hydrogens is 408 g/mol. The highest BCUT2D eigenvalue weighted by molar-refractivity contribution is 7.99. The van der Waals surface area contributed by atoms with E-state index in [1.165, 1.54) is 23.1 Å². The van der Waals surface area contributed by atoms with Gasteiger partial charge in [-0.1, -0.05) is 52.9 Å². The number of rotatable bonds is 9. The van der Waals surface area contributed by atoms with E-state index < -0.39 is 0 Å². The lowest BCUT2D eigenvalue weighted by Gasteiger charge is -2.10. The van der Waals surface area contributed by atoms with Crippen molar-refractivity contribution in [2.75, 3.05) is 11.1 Å². The number of amides is 1. The number of hydrogen-bond acceptors (Lipinski definition) is 8. The van der Waals surface area contributed by atoms with Crippen molar-refractivity contribution in [3.05, 3.63) is 53.3 Å². The van der Waals surface area contributed by atoms with Gasteiger partial charge in [0.1, 0.15) is 17.9 Å². The predicted molar refractivity (Wildman–Crippen MR) is 105 cm³/mol. The molecule has 0 spiro atoms. The van der Waals surface area contributed by atoms with E-state index in [0.29, 0.717) is 33.4 Å². The van der Waals surface area contributed by atoms with Gasteiger partial charge >= 0.3 is 0 Å². The summed E-state index contributed by atoms with van der Waals surface area (Å²) in [4.78, 5) is 12.0. The predicted octanol–water partition coefficient (Wildman–Crippen LogP) is 3.28. The highest BCUT2D eigenvalue weighted by Gasteiger charge is 2.15. The van der Waals surface area contributed by atoms with E-state index in [9.17, 15) is 4.79 Å². The Morgan fingerprint density at radius 2 is 2.22 bits per heavy atom. The molecule has 0 fully saturated rings. The van der Waals surface area contributed by atoms with Gasteiger partial charge < -0.3 is 4.74 Å². The Morgan fingerprint density at radius 1 is 1.37 bits per heavy atom. The van der Waals surface area contributed by atoms with E-state index in [4.69, 9.17) is 16.3 Å². The summed E-state index contributed by atoms with van der Waals surface area (Å²) >= 11 is 8.62. The second kappa shape index (κ2) is 9.49. The monoisotopic (exact) mass is 422 g/mol. The fourth-order valence-corrected chi connectivity index (χ4v) is 3.48. The maximum absolute atomic E-state index is 12.0. The Morgan fingerprint density at radius 3 is 2.96 bits per heavy atom. The summed E-state index contributed by atoms with van der Waals surface area (Å²) in [6, 6.07) is 7.21. The Hall–Kier alpha value is -2.43. The van der Waals surface area contributed by atoms with Gasteiger partial charge in [0, 0.05) is 6.54 Å². The molecule has 1 N–H and O–H groups in total. The maximum atomic E-state index is 12.0. The van der Waals surface area contributed by atoms with Crippen molar-refractivity contribution in [2.45, 2.75) is 18.3 Å². The SMILES string of the molecule is C=CCn1c(COc2ccccc2Cl)nnc1SCC(=O)Nc1nncs1. The summed E-state index contributed by atoms with van der Waals surface area (Å²) in [5.74, 6) is 1.15. The average Bonchev–Trinajstić information content (AvgIpc) is 3.30. The summed E-state index contributed by atoms with van der Waals surface area (Å²) in [6.07, 6.45) is 1.73. The average molecular weight is 423 g/mol. The third kappa shape index (κ3) is 5.28. The van der Waals surface area contributed by atoms with Crippen LogP contribution in [0.5, 0.6) is 5.75 Å². The molecular formula is C16H15ClN6O2S2. The largest absolute Gasteiger partial charge is 0.484 e. The quantitative estimate of drug-likeness (QED) is 0.417. The standard InChI is InChI=1S/C16H15ClN6O2S2/c1-2-7-23-13(8-25-12-6-4-3-5-11(12)17)20-22-16(23)26-9-14(24)19-15-21-18-10-27-15/h2-6,10H,1,7-9H2,(H,19,21,24). The molecule has 3 rings (SSSR count). The van der Waals surface area contributed by atoms with Crippen molar-refractivity contribution >= 4 is 45.7 Å². The zero-order valence-electron chi connectivity index (χ0n) is 14.0. The lowest BCUT2D eigenvalue weighted by molar-refractivity contribution is -0.113. The van der Waals surface area contributed by atoms with E-state index in [0.717, 1.165) is 0 Å². The van der Waals surface area contributed by atoms with Crippen LogP contribution in [-0.2, 0) is 17.9 Å². The number of ether oxygens (including phenoxy) is 1. The van der Waals surface area contributed by atoms with Crippen molar-refractivity contribution in [3.8, 4) is 5.75 Å². The van der Waals surface area contributed by atoms with E-state index in [1.807, 2.05) is 16.7 Å². The number of anilines is 1. The fourth-order valence-electron chi connectivity index (χ4n) is 2.06. The van der Waals surface area contributed by atoms with Gasteiger partial charge in [-0.2, -0.15) is 0 Å². The molecule has 0 saturated carbocycles. The highest BCUT2D eigenvalue weighted by Crippen LogP contribution is 2.25. The van der Waals surface area contributed by atoms with Crippen LogP contribution in [-0.4, -0.2) is 36.6 Å². The first kappa shape index (κ1) is 19.3. The lowest BCUT2D eigenvalue weighted by Crippen LogP contribution is -2.15. The normalized spacial score (nSPS) is 10.6. The minimum atomic E-state index is -0.196. The molecule has 0 saturated heterocycles. The summed E-state index contributed by atoms with van der Waals surface area (Å²) in [5, 5.41) is 20.0. The van der Waals surface area contributed by atoms with Crippen LogP contribution >= 0.6 is 34.7 Å². The molecule has 140 valence electrons. The first-order valence-electron chi connectivity index (χ1n) is 7.76. The van der Waals surface area contributed by atoms with Crippen LogP contribution in [0.25, 0.3) is 0 Å². The molecule has 1 amide bonds. The fraction of sp³-hybridized carbons (Fsp3) is 0.188. The van der Waals surface area contributed by atoms with Crippen LogP contribution in [0.15, 0.2) is 47.6 Å². The van der Waals surface area contributed by atoms with Crippen LogP contribution in [0.2, 0.25) is 5.02 Å². The smallest absolute Gasteiger partial charge is 0.236 e. The van der Waals surface area contributed by atoms with E-state index in [-0.39, 0.29) is 18.3 Å². The Bertz CT molecular complexity index is 916. The number of nitrogens with zero attached hydrogens (tertiary/aromatic N) is 5. The van der Waals surface area contributed by atoms with Gasteiger partial charge in [0.15, 0.2) is 11.0 Å². The number of halogens is 1. The van der Waals surface area contributed by atoms with E-state index in [2.05, 4.69) is 32.3 Å². The van der Waals surface area contributed by atoms with Gasteiger partial charge in [0.25, 0.3) is 0 Å². The molecule has 27 heavy (non-hydrogen) atoms. The lowest BCUT2D eigenvalue weighted by atomic mass is 10.3. The van der Waals surface area contributed by atoms with E-state index >= 15 is 0 Å². The summed E-state index contributed by atoms with van der Waals surface area (Å²) < 4.78 is 7.57. The van der Waals surface area contributed by atoms with Gasteiger partial charge in [-0.3, -0.25) is 14.7 Å². The number of carbonyl (C=O) groups is 1. The first-order chi connectivity index (χ1) is 13.2. The van der Waals surface area contributed by atoms with Gasteiger partial charge in [0.05, 0.1) is 10.8 Å². The molecule has 3 aromatic rings. The second-order valence-electron chi connectivity index (χ2n) is 5.10. The molecule has 0 atom stereocenters. The topological polar surface area (TPSA) is 94.8 Å². The number of nitrogens with one attached hydrogen (secondary N) is 1. The minimum Gasteiger partial charge on any atom is -0.484 e. The summed E-state index contributed by atoms with van der Waals surface area (Å²) in [6.45, 7) is 4.45. The number of allylic oxidation sites excluding steroid dienone is 1. The van der Waals surface area contributed by atoms with Gasteiger partial charge in [-0.15, -0.1) is 27.0 Å². The Balaban J connectivity index is 1.63.